The third-order valence-corrected chi connectivity index (χ3v) is 0.808. The summed E-state index contributed by atoms with van der Waals surface area (Å²) in [5.41, 5.74) is 5.21. The second kappa shape index (κ2) is 15.7. The van der Waals surface area contributed by atoms with Gasteiger partial charge in [-0.25, -0.2) is 0 Å². The standard InChI is InChI=1S/C5H13N.CH5P/c1-2-3-4-5-6;1-2/h2-6H2,1H3;2H2,1H3. The van der Waals surface area contributed by atoms with Gasteiger partial charge in [0.2, 0.25) is 0 Å². The normalized spacial score (nSPS) is 7.50. The van der Waals surface area contributed by atoms with Gasteiger partial charge in [-0.15, -0.1) is 9.24 Å². The van der Waals surface area contributed by atoms with Crippen LogP contribution in [0.1, 0.15) is 26.2 Å². The van der Waals surface area contributed by atoms with Crippen LogP contribution in [0.4, 0.5) is 0 Å². The van der Waals surface area contributed by atoms with Crippen molar-refractivity contribution in [1.82, 2.24) is 0 Å². The predicted octanol–water partition coefficient (Wildman–Crippen LogP) is 1.63. The van der Waals surface area contributed by atoms with Gasteiger partial charge in [0.25, 0.3) is 0 Å². The van der Waals surface area contributed by atoms with Crippen LogP contribution in [0.3, 0.4) is 0 Å². The van der Waals surface area contributed by atoms with Gasteiger partial charge in [0, 0.05) is 0 Å². The highest BCUT2D eigenvalue weighted by molar-refractivity contribution is 7.15. The lowest BCUT2D eigenvalue weighted by molar-refractivity contribution is 0.727. The lowest BCUT2D eigenvalue weighted by Gasteiger charge is -1.86. The number of nitrogens with two attached hydrogens (primary N) is 1. The van der Waals surface area contributed by atoms with Crippen molar-refractivity contribution in [2.75, 3.05) is 13.2 Å². The predicted molar refractivity (Wildman–Crippen MR) is 44.2 cm³/mol. The Morgan fingerprint density at radius 3 is 1.88 bits per heavy atom. The minimum absolute atomic E-state index is 0.855. The van der Waals surface area contributed by atoms with Crippen molar-refractivity contribution in [2.24, 2.45) is 5.73 Å². The molecular weight excluding hydrogens is 117 g/mol. The Labute approximate surface area is 55.2 Å². The SMILES string of the molecule is CCCCCN.CP. The summed E-state index contributed by atoms with van der Waals surface area (Å²) in [5, 5.41) is 0. The fourth-order valence-electron chi connectivity index (χ4n) is 0.394. The van der Waals surface area contributed by atoms with Crippen molar-refractivity contribution >= 4 is 9.24 Å². The first-order valence-corrected chi connectivity index (χ1v) is 4.35. The van der Waals surface area contributed by atoms with Crippen LogP contribution in [0.2, 0.25) is 0 Å². The molecule has 0 spiro atoms. The van der Waals surface area contributed by atoms with Crippen LogP contribution in [0.5, 0.6) is 0 Å². The van der Waals surface area contributed by atoms with Gasteiger partial charge in [0.05, 0.1) is 0 Å². The number of rotatable bonds is 3. The van der Waals surface area contributed by atoms with E-state index in [9.17, 15) is 0 Å². The van der Waals surface area contributed by atoms with E-state index in [-0.39, 0.29) is 0 Å². The molecule has 0 saturated carbocycles. The monoisotopic (exact) mass is 135 g/mol. The number of hydrogen-bond donors (Lipinski definition) is 1. The van der Waals surface area contributed by atoms with Crippen LogP contribution in [0.15, 0.2) is 0 Å². The Morgan fingerprint density at radius 2 is 1.75 bits per heavy atom. The summed E-state index contributed by atoms with van der Waals surface area (Å²) >= 11 is 0. The molecule has 0 bridgehead atoms. The second-order valence-electron chi connectivity index (χ2n) is 1.50. The summed E-state index contributed by atoms with van der Waals surface area (Å²) in [6.07, 6.45) is 3.75. The third kappa shape index (κ3) is 16.2. The van der Waals surface area contributed by atoms with Crippen molar-refractivity contribution in [1.29, 1.82) is 0 Å². The van der Waals surface area contributed by atoms with Crippen molar-refractivity contribution in [3.8, 4) is 0 Å². The van der Waals surface area contributed by atoms with E-state index in [1.165, 1.54) is 19.3 Å². The molecule has 0 rings (SSSR count). The topological polar surface area (TPSA) is 26.0 Å². The zero-order chi connectivity index (χ0) is 6.83. The molecule has 52 valence electrons. The van der Waals surface area contributed by atoms with Gasteiger partial charge in [-0.2, -0.15) is 0 Å². The van der Waals surface area contributed by atoms with Gasteiger partial charge in [0.1, 0.15) is 0 Å². The maximum atomic E-state index is 5.21. The van der Waals surface area contributed by atoms with E-state index < -0.39 is 0 Å². The molecule has 0 aliphatic heterocycles. The van der Waals surface area contributed by atoms with E-state index in [1.807, 2.05) is 6.66 Å². The molecule has 0 aliphatic carbocycles. The fourth-order valence-corrected chi connectivity index (χ4v) is 0.394. The van der Waals surface area contributed by atoms with Crippen LogP contribution in [0, 0.1) is 0 Å². The molecule has 8 heavy (non-hydrogen) atoms. The molecule has 0 aromatic rings. The zero-order valence-corrected chi connectivity index (χ0v) is 7.14. The van der Waals surface area contributed by atoms with Crippen molar-refractivity contribution in [2.45, 2.75) is 26.2 Å². The van der Waals surface area contributed by atoms with Gasteiger partial charge in [0.15, 0.2) is 0 Å². The lowest BCUT2D eigenvalue weighted by atomic mass is 10.3. The van der Waals surface area contributed by atoms with Gasteiger partial charge >= 0.3 is 0 Å². The summed E-state index contributed by atoms with van der Waals surface area (Å²) in [6, 6.07) is 0. The van der Waals surface area contributed by atoms with Crippen molar-refractivity contribution in [3.63, 3.8) is 0 Å². The highest BCUT2D eigenvalue weighted by Crippen LogP contribution is 1.88. The Balaban J connectivity index is 0. The fraction of sp³-hybridized carbons (Fsp3) is 1.00. The molecule has 0 heterocycles. The summed E-state index contributed by atoms with van der Waals surface area (Å²) in [5.74, 6) is 0. The minimum atomic E-state index is 0.855. The first-order valence-electron chi connectivity index (χ1n) is 3.19. The van der Waals surface area contributed by atoms with Crippen LogP contribution in [-0.4, -0.2) is 13.2 Å². The van der Waals surface area contributed by atoms with Gasteiger partial charge in [-0.3, -0.25) is 0 Å². The lowest BCUT2D eigenvalue weighted by Crippen LogP contribution is -1.96. The molecule has 2 heteroatoms. The van der Waals surface area contributed by atoms with E-state index in [0.29, 0.717) is 0 Å². The van der Waals surface area contributed by atoms with Crippen molar-refractivity contribution in [3.05, 3.63) is 0 Å². The van der Waals surface area contributed by atoms with Gasteiger partial charge in [-0.05, 0) is 13.0 Å². The maximum absolute atomic E-state index is 5.21. The number of hydrogen-bond acceptors (Lipinski definition) is 1. The highest BCUT2D eigenvalue weighted by Gasteiger charge is 1.75. The summed E-state index contributed by atoms with van der Waals surface area (Å²) in [4.78, 5) is 0. The first kappa shape index (κ1) is 11.2. The summed E-state index contributed by atoms with van der Waals surface area (Å²) in [7, 11) is 2.42. The highest BCUT2D eigenvalue weighted by atomic mass is 31.0. The molecule has 0 saturated heterocycles. The molecule has 0 amide bonds. The summed E-state index contributed by atoms with van der Waals surface area (Å²) in [6.45, 7) is 4.95. The largest absolute Gasteiger partial charge is 0.330 e. The van der Waals surface area contributed by atoms with Crippen molar-refractivity contribution < 1.29 is 0 Å². The maximum Gasteiger partial charge on any atom is -0.00773 e. The van der Waals surface area contributed by atoms with E-state index in [4.69, 9.17) is 5.73 Å². The molecule has 0 aromatic carbocycles. The average Bonchev–Trinajstić information content (AvgIpc) is 1.88. The van der Waals surface area contributed by atoms with E-state index >= 15 is 0 Å². The van der Waals surface area contributed by atoms with Crippen LogP contribution in [0.25, 0.3) is 0 Å². The molecule has 0 fully saturated rings. The van der Waals surface area contributed by atoms with E-state index in [0.717, 1.165) is 6.54 Å². The van der Waals surface area contributed by atoms with Gasteiger partial charge in [-0.1, -0.05) is 26.4 Å². The minimum Gasteiger partial charge on any atom is -0.330 e. The first-order chi connectivity index (χ1) is 3.91. The Kier molecular flexibility index (Phi) is 22.0. The van der Waals surface area contributed by atoms with E-state index in [2.05, 4.69) is 16.2 Å². The Morgan fingerprint density at radius 1 is 1.25 bits per heavy atom. The molecule has 0 aliphatic rings. The molecular formula is C6H18NP. The van der Waals surface area contributed by atoms with Crippen LogP contribution in [-0.2, 0) is 0 Å². The molecule has 2 N–H and O–H groups in total. The third-order valence-electron chi connectivity index (χ3n) is 0.808. The zero-order valence-electron chi connectivity index (χ0n) is 5.98. The molecule has 0 aromatic heterocycles. The Hall–Kier alpha value is 0.390. The summed E-state index contributed by atoms with van der Waals surface area (Å²) < 4.78 is 0. The molecule has 0 radical (unpaired) electrons. The molecule has 1 nitrogen and oxygen atoms in total. The molecule has 1 atom stereocenters. The average molecular weight is 135 g/mol. The quantitative estimate of drug-likeness (QED) is 0.462. The van der Waals surface area contributed by atoms with Gasteiger partial charge < -0.3 is 5.73 Å². The van der Waals surface area contributed by atoms with E-state index in [1.54, 1.807) is 0 Å². The molecule has 1 unspecified atom stereocenters. The second-order valence-corrected chi connectivity index (χ2v) is 1.50. The number of unbranched alkanes of at least 4 members (excludes halogenated alkanes) is 2. The Bertz CT molecular complexity index is 20.5. The van der Waals surface area contributed by atoms with Crippen LogP contribution >= 0.6 is 9.24 Å². The smallest absolute Gasteiger partial charge is 0.00773 e. The van der Waals surface area contributed by atoms with Crippen LogP contribution < -0.4 is 5.73 Å².